The summed E-state index contributed by atoms with van der Waals surface area (Å²) in [7, 11) is 0. The van der Waals surface area contributed by atoms with Crippen LogP contribution in [0.25, 0.3) is 0 Å². The number of hydrazone groups is 1. The van der Waals surface area contributed by atoms with E-state index in [4.69, 9.17) is 10.6 Å². The lowest BCUT2D eigenvalue weighted by Crippen LogP contribution is -2.32. The molecule has 1 heterocycles. The smallest absolute Gasteiger partial charge is 0.262 e. The molecule has 0 aromatic heterocycles. The Hall–Kier alpha value is -3.07. The van der Waals surface area contributed by atoms with E-state index in [9.17, 15) is 15.0 Å². The second-order valence-corrected chi connectivity index (χ2v) is 6.17. The molecule has 9 heteroatoms. The molecule has 5 N–H and O–H groups in total. The van der Waals surface area contributed by atoms with Gasteiger partial charge in [0.15, 0.2) is 12.4 Å². The lowest BCUT2D eigenvalue weighted by Gasteiger charge is -2.26. The summed E-state index contributed by atoms with van der Waals surface area (Å²) in [5, 5.41) is 26.8. The molecule has 27 heavy (non-hydrogen) atoms. The van der Waals surface area contributed by atoms with E-state index in [0.717, 1.165) is 0 Å². The molecule has 0 saturated heterocycles. The number of nitrogens with two attached hydrogens (primary N) is 1. The normalized spacial score (nSPS) is 13.6. The van der Waals surface area contributed by atoms with Gasteiger partial charge in [-0.3, -0.25) is 4.79 Å². The summed E-state index contributed by atoms with van der Waals surface area (Å²) < 4.78 is 5.37. The van der Waals surface area contributed by atoms with Crippen LogP contribution in [0.4, 0.5) is 11.4 Å². The third-order valence-corrected chi connectivity index (χ3v) is 4.53. The average Bonchev–Trinajstić information content (AvgIpc) is 2.66. The molecule has 2 aromatic rings. The lowest BCUT2D eigenvalue weighted by molar-refractivity contribution is -0.118. The number of carbonyl (C=O) groups excluding carboxylic acids is 1. The van der Waals surface area contributed by atoms with Crippen molar-refractivity contribution in [3.8, 4) is 17.2 Å². The van der Waals surface area contributed by atoms with Gasteiger partial charge in [0.05, 0.1) is 17.1 Å². The number of aryl methyl sites for hydroxylation is 1. The Morgan fingerprint density at radius 3 is 2.78 bits per heavy atom. The first-order chi connectivity index (χ1) is 13.0. The molecule has 0 unspecified atom stereocenters. The number of anilines is 2. The minimum Gasteiger partial charge on any atom is -0.508 e. The van der Waals surface area contributed by atoms with Gasteiger partial charge >= 0.3 is 0 Å². The van der Waals surface area contributed by atoms with Crippen LogP contribution in [0.3, 0.4) is 0 Å². The predicted octanol–water partition coefficient (Wildman–Crippen LogP) is 2.01. The molecule has 1 aliphatic heterocycles. The molecule has 1 aliphatic rings. The summed E-state index contributed by atoms with van der Waals surface area (Å²) in [6, 6.07) is 8.11. The van der Waals surface area contributed by atoms with Crippen LogP contribution in [-0.2, 0) is 11.2 Å². The number of benzene rings is 2. The van der Waals surface area contributed by atoms with Gasteiger partial charge in [0, 0.05) is 11.8 Å². The number of thiol groups is 1. The molecule has 0 fully saturated rings. The largest absolute Gasteiger partial charge is 0.508 e. The fourth-order valence-corrected chi connectivity index (χ4v) is 3.18. The highest BCUT2D eigenvalue weighted by molar-refractivity contribution is 7.80. The number of phenolic OH excluding ortho intramolecular Hbond substituents is 2. The van der Waals surface area contributed by atoms with Crippen molar-refractivity contribution in [2.45, 2.75) is 13.3 Å². The minimum absolute atomic E-state index is 0.00110. The van der Waals surface area contributed by atoms with E-state index in [2.05, 4.69) is 23.0 Å². The van der Waals surface area contributed by atoms with Crippen LogP contribution in [0, 0.1) is 0 Å². The van der Waals surface area contributed by atoms with Gasteiger partial charge in [-0.05, 0) is 36.2 Å². The number of amides is 1. The molecule has 0 saturated carbocycles. The third-order valence-electron chi connectivity index (χ3n) is 4.25. The number of nitrogens with one attached hydrogen (secondary N) is 1. The quantitative estimate of drug-likeness (QED) is 0.136. The zero-order valence-corrected chi connectivity index (χ0v) is 15.5. The number of carbonyl (C=O) groups is 1. The van der Waals surface area contributed by atoms with Crippen molar-refractivity contribution < 1.29 is 19.7 Å². The molecule has 3 rings (SSSR count). The van der Waals surface area contributed by atoms with Crippen molar-refractivity contribution in [2.75, 3.05) is 22.7 Å². The van der Waals surface area contributed by atoms with Gasteiger partial charge in [-0.1, -0.05) is 6.92 Å². The molecule has 1 amide bonds. The fraction of sp³-hybridized carbons (Fsp3) is 0.222. The Bertz CT molecular complexity index is 916. The van der Waals surface area contributed by atoms with E-state index in [1.165, 1.54) is 6.07 Å². The number of ether oxygens (including phenoxy) is 1. The van der Waals surface area contributed by atoms with Gasteiger partial charge < -0.3 is 31.0 Å². The Kier molecular flexibility index (Phi) is 5.31. The molecule has 8 nitrogen and oxygen atoms in total. The Balaban J connectivity index is 2.04. The van der Waals surface area contributed by atoms with Crippen molar-refractivity contribution in [2.24, 2.45) is 10.9 Å². The van der Waals surface area contributed by atoms with Crippen LogP contribution in [0.1, 0.15) is 18.1 Å². The number of rotatable bonds is 4. The van der Waals surface area contributed by atoms with E-state index in [0.29, 0.717) is 34.7 Å². The van der Waals surface area contributed by atoms with Crippen LogP contribution in [-0.4, -0.2) is 34.4 Å². The summed E-state index contributed by atoms with van der Waals surface area (Å²) in [5.41, 5.74) is 2.17. The Labute approximate surface area is 161 Å². The molecule has 2 aromatic carbocycles. The Morgan fingerprint density at radius 1 is 1.33 bits per heavy atom. The van der Waals surface area contributed by atoms with Gasteiger partial charge in [-0.2, -0.15) is 17.7 Å². The van der Waals surface area contributed by atoms with Crippen molar-refractivity contribution in [1.82, 2.24) is 0 Å². The molecular weight excluding hydrogens is 368 g/mol. The summed E-state index contributed by atoms with van der Waals surface area (Å²) in [6.45, 7) is 1.86. The highest BCUT2D eigenvalue weighted by Gasteiger charge is 2.22. The Morgan fingerprint density at radius 2 is 2.11 bits per heavy atom. The maximum atomic E-state index is 11.6. The summed E-state index contributed by atoms with van der Waals surface area (Å²) in [5.74, 6) is 6.25. The van der Waals surface area contributed by atoms with Gasteiger partial charge in [-0.25, -0.2) is 0 Å². The number of aromatic hydroxyl groups is 2. The molecule has 0 radical (unpaired) electrons. The highest BCUT2D eigenvalue weighted by atomic mass is 32.1. The summed E-state index contributed by atoms with van der Waals surface area (Å²) in [4.78, 5) is 13.2. The SMILES string of the molecule is CCc1cc(/C(=N/N)N(CS)c2ccc3c(c2)NC(=O)CO3)c(O)cc1O. The molecule has 0 spiro atoms. The molecular formula is C18H20N4O4S. The topological polar surface area (TPSA) is 120 Å². The van der Waals surface area contributed by atoms with E-state index >= 15 is 0 Å². The molecule has 0 bridgehead atoms. The number of fused-ring (bicyclic) bond motifs is 1. The summed E-state index contributed by atoms with van der Waals surface area (Å²) >= 11 is 4.36. The van der Waals surface area contributed by atoms with Gasteiger partial charge in [0.25, 0.3) is 5.91 Å². The molecule has 0 aliphatic carbocycles. The van der Waals surface area contributed by atoms with E-state index < -0.39 is 0 Å². The van der Waals surface area contributed by atoms with Crippen LogP contribution in [0.15, 0.2) is 35.4 Å². The molecule has 142 valence electrons. The van der Waals surface area contributed by atoms with Gasteiger partial charge in [0.2, 0.25) is 0 Å². The monoisotopic (exact) mass is 388 g/mol. The first kappa shape index (κ1) is 18.7. The van der Waals surface area contributed by atoms with Crippen LogP contribution in [0.5, 0.6) is 17.2 Å². The maximum absolute atomic E-state index is 11.6. The van der Waals surface area contributed by atoms with Crippen molar-refractivity contribution >= 4 is 35.7 Å². The van der Waals surface area contributed by atoms with E-state index in [1.54, 1.807) is 29.2 Å². The number of amidine groups is 1. The predicted molar refractivity (Wildman–Crippen MR) is 107 cm³/mol. The van der Waals surface area contributed by atoms with E-state index in [1.807, 2.05) is 6.92 Å². The number of hydrogen-bond donors (Lipinski definition) is 5. The first-order valence-electron chi connectivity index (χ1n) is 8.26. The van der Waals surface area contributed by atoms with Crippen LogP contribution >= 0.6 is 12.6 Å². The second kappa shape index (κ2) is 7.67. The lowest BCUT2D eigenvalue weighted by atomic mass is 10.0. The number of phenols is 2. The standard InChI is InChI=1S/C18H20N4O4S/c1-2-10-5-12(15(24)7-14(10)23)18(21-19)22(9-27)11-3-4-16-13(6-11)20-17(25)8-26-16/h3-7,23-24,27H,2,8-9,19H2,1H3,(H,20,25)/b21-18-. The third kappa shape index (κ3) is 3.59. The van der Waals surface area contributed by atoms with Crippen molar-refractivity contribution in [1.29, 1.82) is 0 Å². The zero-order chi connectivity index (χ0) is 19.6. The van der Waals surface area contributed by atoms with Crippen LogP contribution < -0.4 is 20.8 Å². The minimum atomic E-state index is -0.242. The fourth-order valence-electron chi connectivity index (χ4n) is 2.88. The number of hydrogen-bond acceptors (Lipinski definition) is 7. The van der Waals surface area contributed by atoms with Gasteiger partial charge in [-0.15, -0.1) is 0 Å². The van der Waals surface area contributed by atoms with Crippen molar-refractivity contribution in [3.05, 3.63) is 41.5 Å². The maximum Gasteiger partial charge on any atom is 0.262 e. The van der Waals surface area contributed by atoms with E-state index in [-0.39, 0.29) is 35.7 Å². The molecule has 0 atom stereocenters. The second-order valence-electron chi connectivity index (χ2n) is 5.89. The highest BCUT2D eigenvalue weighted by Crippen LogP contribution is 2.34. The summed E-state index contributed by atoms with van der Waals surface area (Å²) in [6.07, 6.45) is 0.569. The first-order valence-corrected chi connectivity index (χ1v) is 8.90. The van der Waals surface area contributed by atoms with Crippen LogP contribution in [0.2, 0.25) is 0 Å². The number of nitrogens with zero attached hydrogens (tertiary/aromatic N) is 2. The van der Waals surface area contributed by atoms with Crippen molar-refractivity contribution in [3.63, 3.8) is 0 Å². The van der Waals surface area contributed by atoms with Gasteiger partial charge in [0.1, 0.15) is 17.2 Å². The zero-order valence-electron chi connectivity index (χ0n) is 14.6. The average molecular weight is 388 g/mol.